The number of anilines is 2. The third-order valence-electron chi connectivity index (χ3n) is 7.53. The number of nitrogens with zero attached hydrogens (tertiary/aromatic N) is 3. The van der Waals surface area contributed by atoms with Gasteiger partial charge in [-0.3, -0.25) is 14.4 Å². The highest BCUT2D eigenvalue weighted by molar-refractivity contribution is 6.21. The maximum atomic E-state index is 15.3. The van der Waals surface area contributed by atoms with Gasteiger partial charge in [-0.1, -0.05) is 24.5 Å². The minimum Gasteiger partial charge on any atom is -0.454 e. The number of imide groups is 1. The molecule has 0 atom stereocenters. The van der Waals surface area contributed by atoms with Gasteiger partial charge in [-0.25, -0.2) is 18.4 Å². The molecule has 1 aliphatic rings. The van der Waals surface area contributed by atoms with Gasteiger partial charge in [0.1, 0.15) is 17.4 Å². The molecule has 226 valence electrons. The number of carbonyl (C=O) groups is 3. The van der Waals surface area contributed by atoms with Crippen molar-refractivity contribution in [2.75, 3.05) is 10.6 Å². The molecule has 3 aromatic carbocycles. The topological polar surface area (TPSA) is 123 Å². The first-order valence-corrected chi connectivity index (χ1v) is 14.3. The summed E-state index contributed by atoms with van der Waals surface area (Å²) in [6, 6.07) is 15.0. The molecule has 0 unspecified atom stereocenters. The van der Waals surface area contributed by atoms with Gasteiger partial charge in [0, 0.05) is 23.7 Å². The lowest BCUT2D eigenvalue weighted by atomic mass is 10.1. The summed E-state index contributed by atoms with van der Waals surface area (Å²) in [5.41, 5.74) is 7.97. The SMILES string of the molecule is Cc1cc(Oc2ccccc2F)ccc1-n1ncc(C(=O)c2cc3cc(F)c(N4C(=O)C#CCCCCCC4=O)cc3[nH]2)c1N. The summed E-state index contributed by atoms with van der Waals surface area (Å²) in [6.07, 6.45) is 4.07. The minimum absolute atomic E-state index is 0.0683. The molecule has 11 heteroatoms. The average Bonchev–Trinajstić information content (AvgIpc) is 3.60. The highest BCUT2D eigenvalue weighted by atomic mass is 19.1. The third kappa shape index (κ3) is 5.78. The predicted molar refractivity (Wildman–Crippen MR) is 164 cm³/mol. The van der Waals surface area contributed by atoms with Crippen LogP contribution < -0.4 is 15.4 Å². The van der Waals surface area contributed by atoms with Crippen molar-refractivity contribution in [3.63, 3.8) is 0 Å². The molecule has 2 aromatic heterocycles. The van der Waals surface area contributed by atoms with Crippen LogP contribution in [-0.4, -0.2) is 32.4 Å². The monoisotopic (exact) mass is 607 g/mol. The molecule has 3 heterocycles. The van der Waals surface area contributed by atoms with E-state index in [0.717, 1.165) is 23.8 Å². The van der Waals surface area contributed by atoms with Gasteiger partial charge >= 0.3 is 5.91 Å². The number of halogens is 2. The second kappa shape index (κ2) is 12.1. The Hall–Kier alpha value is -5.76. The van der Waals surface area contributed by atoms with Crippen molar-refractivity contribution in [2.24, 2.45) is 0 Å². The number of nitrogen functional groups attached to an aromatic ring is 1. The Morgan fingerprint density at radius 1 is 1.00 bits per heavy atom. The second-order valence-electron chi connectivity index (χ2n) is 10.6. The van der Waals surface area contributed by atoms with Crippen molar-refractivity contribution >= 4 is 40.0 Å². The Labute approximate surface area is 256 Å². The lowest BCUT2D eigenvalue weighted by Gasteiger charge is -2.19. The quantitative estimate of drug-likeness (QED) is 0.131. The van der Waals surface area contributed by atoms with E-state index in [9.17, 15) is 18.8 Å². The van der Waals surface area contributed by atoms with Crippen molar-refractivity contribution in [2.45, 2.75) is 39.0 Å². The lowest BCUT2D eigenvalue weighted by Crippen LogP contribution is -2.36. The summed E-state index contributed by atoms with van der Waals surface area (Å²) in [6.45, 7) is 1.80. The van der Waals surface area contributed by atoms with Crippen molar-refractivity contribution in [1.29, 1.82) is 0 Å². The summed E-state index contributed by atoms with van der Waals surface area (Å²) < 4.78 is 36.4. The first-order valence-electron chi connectivity index (χ1n) is 14.3. The number of rotatable bonds is 6. The maximum Gasteiger partial charge on any atom is 0.309 e. The zero-order valence-electron chi connectivity index (χ0n) is 24.2. The Balaban J connectivity index is 1.28. The number of fused-ring (bicyclic) bond motifs is 1. The van der Waals surface area contributed by atoms with Crippen molar-refractivity contribution in [3.05, 3.63) is 95.3 Å². The van der Waals surface area contributed by atoms with E-state index >= 15 is 4.39 Å². The molecule has 9 nitrogen and oxygen atoms in total. The molecule has 0 bridgehead atoms. The summed E-state index contributed by atoms with van der Waals surface area (Å²) in [5.74, 6) is 2.61. The number of nitrogens with one attached hydrogen (secondary N) is 1. The summed E-state index contributed by atoms with van der Waals surface area (Å²) in [4.78, 5) is 42.9. The van der Waals surface area contributed by atoms with Gasteiger partial charge in [0.15, 0.2) is 11.6 Å². The number of hydrogen-bond donors (Lipinski definition) is 2. The third-order valence-corrected chi connectivity index (χ3v) is 7.53. The normalized spacial score (nSPS) is 13.9. The number of carbonyl (C=O) groups excluding carboxylic acids is 3. The number of ketones is 1. The Bertz CT molecular complexity index is 2050. The molecule has 0 saturated heterocycles. The molecule has 0 saturated carbocycles. The van der Waals surface area contributed by atoms with Crippen LogP contribution in [0.5, 0.6) is 11.5 Å². The van der Waals surface area contributed by atoms with Crippen LogP contribution in [0, 0.1) is 30.4 Å². The van der Waals surface area contributed by atoms with Crippen LogP contribution >= 0.6 is 0 Å². The molecule has 2 amide bonds. The zero-order valence-corrected chi connectivity index (χ0v) is 24.2. The Morgan fingerprint density at radius 3 is 2.62 bits per heavy atom. The molecular formula is C34H27F2N5O4. The average molecular weight is 608 g/mol. The fourth-order valence-electron chi connectivity index (χ4n) is 5.22. The molecule has 0 radical (unpaired) electrons. The lowest BCUT2D eigenvalue weighted by molar-refractivity contribution is -0.124. The van der Waals surface area contributed by atoms with E-state index in [1.165, 1.54) is 35.1 Å². The molecule has 45 heavy (non-hydrogen) atoms. The fraction of sp³-hybridized carbons (Fsp3) is 0.176. The number of aryl methyl sites for hydroxylation is 1. The molecule has 5 aromatic rings. The fourth-order valence-corrected chi connectivity index (χ4v) is 5.22. The first kappa shape index (κ1) is 29.3. The standard InChI is InChI=1S/C34H27F2N5O4/c1-20-15-22(45-30-10-8-7-9-24(30)35)13-14-28(20)41-34(37)23(19-38-41)33(44)27-17-21-16-25(36)29(18-26(21)39-27)40-31(42)11-5-3-2-4-6-12-32(40)43/h7-10,13-19,39H,2-5,11,37H2,1H3. The van der Waals surface area contributed by atoms with E-state index < -0.39 is 29.2 Å². The summed E-state index contributed by atoms with van der Waals surface area (Å²) >= 11 is 0. The Kier molecular flexibility index (Phi) is 7.87. The van der Waals surface area contributed by atoms with E-state index in [2.05, 4.69) is 21.9 Å². The largest absolute Gasteiger partial charge is 0.454 e. The number of H-pyrrole nitrogens is 1. The van der Waals surface area contributed by atoms with Gasteiger partial charge in [-0.2, -0.15) is 5.10 Å². The number of aromatic amines is 1. The minimum atomic E-state index is -0.801. The number of aromatic nitrogens is 3. The molecule has 0 aliphatic carbocycles. The van der Waals surface area contributed by atoms with E-state index in [0.29, 0.717) is 40.7 Å². The van der Waals surface area contributed by atoms with E-state index in [1.807, 2.05) is 0 Å². The number of hydrogen-bond acceptors (Lipinski definition) is 6. The van der Waals surface area contributed by atoms with Crippen LogP contribution in [0.3, 0.4) is 0 Å². The van der Waals surface area contributed by atoms with Gasteiger partial charge in [-0.05, 0) is 79.8 Å². The van der Waals surface area contributed by atoms with Crippen LogP contribution in [0.1, 0.15) is 53.7 Å². The molecule has 0 fully saturated rings. The predicted octanol–water partition coefficient (Wildman–Crippen LogP) is 6.37. The van der Waals surface area contributed by atoms with Crippen LogP contribution in [-0.2, 0) is 9.59 Å². The number of ether oxygens (including phenoxy) is 1. The second-order valence-corrected chi connectivity index (χ2v) is 10.6. The smallest absolute Gasteiger partial charge is 0.309 e. The number of benzene rings is 3. The molecule has 3 N–H and O–H groups in total. The van der Waals surface area contributed by atoms with Crippen LogP contribution in [0.25, 0.3) is 16.6 Å². The molecular weight excluding hydrogens is 580 g/mol. The van der Waals surface area contributed by atoms with Crippen LogP contribution in [0.4, 0.5) is 20.3 Å². The summed E-state index contributed by atoms with van der Waals surface area (Å²) in [5, 5.41) is 4.67. The van der Waals surface area contributed by atoms with Crippen molar-refractivity contribution in [3.8, 4) is 29.0 Å². The van der Waals surface area contributed by atoms with Gasteiger partial charge in [0.05, 0.1) is 28.8 Å². The first-order chi connectivity index (χ1) is 21.7. The van der Waals surface area contributed by atoms with Crippen LogP contribution in [0.15, 0.2) is 66.9 Å². The Morgan fingerprint density at radius 2 is 1.82 bits per heavy atom. The van der Waals surface area contributed by atoms with Crippen molar-refractivity contribution in [1.82, 2.24) is 14.8 Å². The van der Waals surface area contributed by atoms with Crippen molar-refractivity contribution < 1.29 is 27.9 Å². The van der Waals surface area contributed by atoms with E-state index in [4.69, 9.17) is 10.5 Å². The zero-order chi connectivity index (χ0) is 31.7. The molecule has 0 spiro atoms. The molecule has 1 aliphatic heterocycles. The van der Waals surface area contributed by atoms with Gasteiger partial charge in [0.25, 0.3) is 0 Å². The van der Waals surface area contributed by atoms with Gasteiger partial charge in [0.2, 0.25) is 11.7 Å². The number of nitrogens with two attached hydrogens (primary N) is 1. The highest BCUT2D eigenvalue weighted by Crippen LogP contribution is 2.31. The number of para-hydroxylation sites is 1. The highest BCUT2D eigenvalue weighted by Gasteiger charge is 2.27. The van der Waals surface area contributed by atoms with E-state index in [1.54, 1.807) is 37.3 Å². The summed E-state index contributed by atoms with van der Waals surface area (Å²) in [7, 11) is 0. The van der Waals surface area contributed by atoms with Gasteiger partial charge in [-0.15, -0.1) is 0 Å². The van der Waals surface area contributed by atoms with Crippen LogP contribution in [0.2, 0.25) is 0 Å². The van der Waals surface area contributed by atoms with Gasteiger partial charge < -0.3 is 15.5 Å². The number of amides is 2. The molecule has 6 rings (SSSR count). The maximum absolute atomic E-state index is 15.3. The van der Waals surface area contributed by atoms with E-state index in [-0.39, 0.29) is 34.9 Å².